The van der Waals surface area contributed by atoms with Crippen molar-refractivity contribution in [1.29, 1.82) is 0 Å². The van der Waals surface area contributed by atoms with E-state index in [0.29, 0.717) is 12.2 Å². The molecule has 0 radical (unpaired) electrons. The summed E-state index contributed by atoms with van der Waals surface area (Å²) in [5.74, 6) is 0. The number of nitrogens with one attached hydrogen (secondary N) is 1. The highest BCUT2D eigenvalue weighted by Crippen LogP contribution is 2.30. The largest absolute Gasteiger partial charge is 0.416 e. The Morgan fingerprint density at radius 2 is 1.60 bits per heavy atom. The van der Waals surface area contributed by atoms with Gasteiger partial charge in [0, 0.05) is 12.2 Å². The summed E-state index contributed by atoms with van der Waals surface area (Å²) in [6.45, 7) is 4.51. The zero-order chi connectivity index (χ0) is 14.8. The number of halogens is 3. The molecule has 0 saturated heterocycles. The number of alkyl halides is 3. The van der Waals surface area contributed by atoms with Crippen molar-refractivity contribution < 1.29 is 13.2 Å². The summed E-state index contributed by atoms with van der Waals surface area (Å²) >= 11 is 0. The molecule has 0 aliphatic rings. The van der Waals surface area contributed by atoms with Gasteiger partial charge in [-0.25, -0.2) is 0 Å². The van der Waals surface area contributed by atoms with Crippen LogP contribution in [0.5, 0.6) is 0 Å². The molecule has 0 amide bonds. The molecule has 1 nitrogen and oxygen atoms in total. The van der Waals surface area contributed by atoms with E-state index in [-0.39, 0.29) is 0 Å². The Bertz CT molecular complexity index is 583. The van der Waals surface area contributed by atoms with Crippen molar-refractivity contribution in [3.8, 4) is 0 Å². The molecule has 0 spiro atoms. The molecule has 106 valence electrons. The van der Waals surface area contributed by atoms with Gasteiger partial charge in [0.1, 0.15) is 0 Å². The number of rotatable bonds is 3. The van der Waals surface area contributed by atoms with Gasteiger partial charge in [-0.2, -0.15) is 13.2 Å². The van der Waals surface area contributed by atoms with Crippen molar-refractivity contribution in [2.45, 2.75) is 26.6 Å². The van der Waals surface area contributed by atoms with Crippen LogP contribution in [0, 0.1) is 13.8 Å². The molecule has 0 bridgehead atoms. The molecule has 0 saturated carbocycles. The van der Waals surface area contributed by atoms with E-state index in [4.69, 9.17) is 0 Å². The van der Waals surface area contributed by atoms with Crippen LogP contribution in [-0.2, 0) is 12.7 Å². The second-order valence-corrected chi connectivity index (χ2v) is 4.93. The van der Waals surface area contributed by atoms with Crippen LogP contribution in [0.3, 0.4) is 0 Å². The first-order chi connectivity index (χ1) is 9.34. The maximum absolute atomic E-state index is 12.6. The Labute approximate surface area is 116 Å². The first-order valence-corrected chi connectivity index (χ1v) is 6.33. The standard InChI is InChI=1S/C16H16F3N/c1-11-6-12(2)8-13(7-11)10-20-15-5-3-4-14(9-15)16(17,18)19/h3-9,20H,10H2,1-2H3. The Balaban J connectivity index is 2.11. The second-order valence-electron chi connectivity index (χ2n) is 4.93. The van der Waals surface area contributed by atoms with E-state index in [1.165, 1.54) is 6.07 Å². The van der Waals surface area contributed by atoms with E-state index in [1.54, 1.807) is 6.07 Å². The highest BCUT2D eigenvalue weighted by atomic mass is 19.4. The maximum Gasteiger partial charge on any atom is 0.416 e. The molecule has 0 heterocycles. The third-order valence-electron chi connectivity index (χ3n) is 2.97. The summed E-state index contributed by atoms with van der Waals surface area (Å²) in [4.78, 5) is 0. The average Bonchev–Trinajstić information content (AvgIpc) is 2.35. The lowest BCUT2D eigenvalue weighted by molar-refractivity contribution is -0.137. The minimum absolute atomic E-state index is 0.471. The SMILES string of the molecule is Cc1cc(C)cc(CNc2cccc(C(F)(F)F)c2)c1. The predicted molar refractivity (Wildman–Crippen MR) is 74.7 cm³/mol. The van der Waals surface area contributed by atoms with Gasteiger partial charge >= 0.3 is 6.18 Å². The first-order valence-electron chi connectivity index (χ1n) is 6.33. The van der Waals surface area contributed by atoms with E-state index < -0.39 is 11.7 Å². The van der Waals surface area contributed by atoms with Gasteiger partial charge in [0.2, 0.25) is 0 Å². The maximum atomic E-state index is 12.6. The monoisotopic (exact) mass is 279 g/mol. The van der Waals surface area contributed by atoms with E-state index >= 15 is 0 Å². The van der Waals surface area contributed by atoms with Crippen LogP contribution in [-0.4, -0.2) is 0 Å². The molecule has 2 aromatic carbocycles. The van der Waals surface area contributed by atoms with Gasteiger partial charge in [0.25, 0.3) is 0 Å². The van der Waals surface area contributed by atoms with Crippen LogP contribution in [0.2, 0.25) is 0 Å². The van der Waals surface area contributed by atoms with Crippen LogP contribution in [0.25, 0.3) is 0 Å². The molecule has 0 fully saturated rings. The molecule has 0 atom stereocenters. The van der Waals surface area contributed by atoms with Gasteiger partial charge < -0.3 is 5.32 Å². The third kappa shape index (κ3) is 3.76. The topological polar surface area (TPSA) is 12.0 Å². The van der Waals surface area contributed by atoms with Crippen molar-refractivity contribution in [3.63, 3.8) is 0 Å². The van der Waals surface area contributed by atoms with E-state index in [1.807, 2.05) is 26.0 Å². The smallest absolute Gasteiger partial charge is 0.381 e. The number of aryl methyl sites for hydroxylation is 2. The van der Waals surface area contributed by atoms with E-state index in [0.717, 1.165) is 28.8 Å². The molecule has 20 heavy (non-hydrogen) atoms. The fourth-order valence-corrected chi connectivity index (χ4v) is 2.18. The Hall–Kier alpha value is -1.97. The molecule has 0 aromatic heterocycles. The summed E-state index contributed by atoms with van der Waals surface area (Å²) in [7, 11) is 0. The average molecular weight is 279 g/mol. The molecule has 2 aromatic rings. The fraction of sp³-hybridized carbons (Fsp3) is 0.250. The van der Waals surface area contributed by atoms with Crippen molar-refractivity contribution in [2.24, 2.45) is 0 Å². The molecular formula is C16H16F3N. The van der Waals surface area contributed by atoms with Gasteiger partial charge in [-0.05, 0) is 37.6 Å². The third-order valence-corrected chi connectivity index (χ3v) is 2.97. The number of anilines is 1. The molecule has 0 aliphatic heterocycles. The molecule has 0 aliphatic carbocycles. The number of hydrogen-bond acceptors (Lipinski definition) is 1. The summed E-state index contributed by atoms with van der Waals surface area (Å²) in [5.41, 5.74) is 3.18. The quantitative estimate of drug-likeness (QED) is 0.839. The lowest BCUT2D eigenvalue weighted by Crippen LogP contribution is -2.06. The van der Waals surface area contributed by atoms with Gasteiger partial charge in [-0.1, -0.05) is 35.4 Å². The van der Waals surface area contributed by atoms with Crippen LogP contribution in [0.1, 0.15) is 22.3 Å². The lowest BCUT2D eigenvalue weighted by atomic mass is 10.1. The van der Waals surface area contributed by atoms with Crippen molar-refractivity contribution in [3.05, 3.63) is 64.7 Å². The van der Waals surface area contributed by atoms with E-state index in [9.17, 15) is 13.2 Å². The van der Waals surface area contributed by atoms with E-state index in [2.05, 4.69) is 11.4 Å². The Kier molecular flexibility index (Phi) is 4.02. The van der Waals surface area contributed by atoms with Crippen molar-refractivity contribution in [2.75, 3.05) is 5.32 Å². The zero-order valence-corrected chi connectivity index (χ0v) is 11.4. The summed E-state index contributed by atoms with van der Waals surface area (Å²) in [6.07, 6.45) is -4.31. The number of benzene rings is 2. The Morgan fingerprint density at radius 1 is 0.950 bits per heavy atom. The minimum Gasteiger partial charge on any atom is -0.381 e. The zero-order valence-electron chi connectivity index (χ0n) is 11.4. The molecule has 2 rings (SSSR count). The molecule has 0 unspecified atom stereocenters. The van der Waals surface area contributed by atoms with Crippen LogP contribution < -0.4 is 5.32 Å². The second kappa shape index (κ2) is 5.57. The highest BCUT2D eigenvalue weighted by Gasteiger charge is 2.30. The van der Waals surface area contributed by atoms with Gasteiger partial charge in [0.15, 0.2) is 0 Å². The Morgan fingerprint density at radius 3 is 2.20 bits per heavy atom. The van der Waals surface area contributed by atoms with Crippen LogP contribution in [0.15, 0.2) is 42.5 Å². The normalized spacial score (nSPS) is 11.4. The summed E-state index contributed by atoms with van der Waals surface area (Å²) in [5, 5.41) is 3.03. The van der Waals surface area contributed by atoms with Crippen LogP contribution in [0.4, 0.5) is 18.9 Å². The van der Waals surface area contributed by atoms with Crippen LogP contribution >= 0.6 is 0 Å². The summed E-state index contributed by atoms with van der Waals surface area (Å²) < 4.78 is 37.8. The minimum atomic E-state index is -4.31. The highest BCUT2D eigenvalue weighted by molar-refractivity contribution is 5.47. The number of hydrogen-bond donors (Lipinski definition) is 1. The fourth-order valence-electron chi connectivity index (χ4n) is 2.18. The van der Waals surface area contributed by atoms with Gasteiger partial charge in [-0.3, -0.25) is 0 Å². The van der Waals surface area contributed by atoms with Gasteiger partial charge in [-0.15, -0.1) is 0 Å². The molecular weight excluding hydrogens is 263 g/mol. The lowest BCUT2D eigenvalue weighted by Gasteiger charge is -2.11. The van der Waals surface area contributed by atoms with Crippen molar-refractivity contribution in [1.82, 2.24) is 0 Å². The summed E-state index contributed by atoms with van der Waals surface area (Å²) in [6, 6.07) is 11.4. The van der Waals surface area contributed by atoms with Crippen molar-refractivity contribution >= 4 is 5.69 Å². The molecule has 4 heteroatoms. The molecule has 1 N–H and O–H groups in total. The first kappa shape index (κ1) is 14.4. The van der Waals surface area contributed by atoms with Gasteiger partial charge in [0.05, 0.1) is 5.56 Å². The predicted octanol–water partition coefficient (Wildman–Crippen LogP) is 4.93.